The Labute approximate surface area is 104 Å². The van der Waals surface area contributed by atoms with Crippen molar-refractivity contribution in [1.82, 2.24) is 0 Å². The highest BCUT2D eigenvalue weighted by molar-refractivity contribution is 7.17. The van der Waals surface area contributed by atoms with E-state index in [1.807, 2.05) is 24.3 Å². The van der Waals surface area contributed by atoms with E-state index < -0.39 is 6.23 Å². The number of carbonyl (C=O) groups excluding carboxylic acids is 1. The quantitative estimate of drug-likeness (QED) is 0.647. The van der Waals surface area contributed by atoms with E-state index in [0.717, 1.165) is 15.3 Å². The number of carbonyl (C=O) groups is 1. The molecule has 3 nitrogen and oxygen atoms in total. The molecule has 0 saturated heterocycles. The zero-order valence-corrected chi connectivity index (χ0v) is 10.2. The van der Waals surface area contributed by atoms with Gasteiger partial charge in [-0.05, 0) is 30.2 Å². The Morgan fingerprint density at radius 1 is 1.24 bits per heavy atom. The van der Waals surface area contributed by atoms with Crippen LogP contribution in [0.2, 0.25) is 0 Å². The van der Waals surface area contributed by atoms with Crippen molar-refractivity contribution in [2.45, 2.75) is 13.2 Å². The number of nitrogens with two attached hydrogens (primary N) is 1. The van der Waals surface area contributed by atoms with E-state index in [9.17, 15) is 9.90 Å². The average molecular weight is 247 g/mol. The normalized spacial score (nSPS) is 12.4. The molecule has 0 spiro atoms. The van der Waals surface area contributed by atoms with Crippen LogP contribution in [0.4, 0.5) is 0 Å². The topological polar surface area (TPSA) is 63.3 Å². The van der Waals surface area contributed by atoms with E-state index in [-0.39, 0.29) is 5.78 Å². The summed E-state index contributed by atoms with van der Waals surface area (Å²) in [6.45, 7) is 1.56. The maximum absolute atomic E-state index is 11.2. The summed E-state index contributed by atoms with van der Waals surface area (Å²) >= 11 is 1.47. The molecular formula is C13H13NO2S. The van der Waals surface area contributed by atoms with Crippen molar-refractivity contribution < 1.29 is 9.90 Å². The predicted octanol–water partition coefficient (Wildman–Crippen LogP) is 2.57. The fourth-order valence-electron chi connectivity index (χ4n) is 1.53. The first kappa shape index (κ1) is 12.0. The zero-order chi connectivity index (χ0) is 12.4. The number of aliphatic hydroxyl groups excluding tert-OH is 1. The van der Waals surface area contributed by atoms with Crippen LogP contribution in [0.5, 0.6) is 0 Å². The van der Waals surface area contributed by atoms with Gasteiger partial charge in [-0.15, -0.1) is 11.3 Å². The Morgan fingerprint density at radius 2 is 1.88 bits per heavy atom. The molecule has 1 aromatic carbocycles. The molecule has 0 fully saturated rings. The summed E-state index contributed by atoms with van der Waals surface area (Å²) in [6, 6.07) is 11.1. The Morgan fingerprint density at radius 3 is 2.35 bits per heavy atom. The van der Waals surface area contributed by atoms with Crippen LogP contribution in [0, 0.1) is 0 Å². The van der Waals surface area contributed by atoms with Gasteiger partial charge in [0, 0.05) is 4.88 Å². The Hall–Kier alpha value is -1.49. The van der Waals surface area contributed by atoms with E-state index in [0.29, 0.717) is 5.56 Å². The van der Waals surface area contributed by atoms with Crippen LogP contribution in [0.25, 0.3) is 10.4 Å². The van der Waals surface area contributed by atoms with Gasteiger partial charge in [-0.2, -0.15) is 0 Å². The molecule has 0 bridgehead atoms. The lowest BCUT2D eigenvalue weighted by Crippen LogP contribution is -2.07. The van der Waals surface area contributed by atoms with Crippen molar-refractivity contribution in [3.05, 3.63) is 46.8 Å². The molecule has 3 N–H and O–H groups in total. The van der Waals surface area contributed by atoms with Gasteiger partial charge in [-0.25, -0.2) is 0 Å². The monoisotopic (exact) mass is 247 g/mol. The Bertz CT molecular complexity index is 529. The number of benzene rings is 1. The summed E-state index contributed by atoms with van der Waals surface area (Å²) in [5, 5.41) is 9.20. The van der Waals surface area contributed by atoms with Gasteiger partial charge in [-0.3, -0.25) is 4.79 Å². The number of aliphatic hydroxyl groups is 1. The summed E-state index contributed by atoms with van der Waals surface area (Å²) in [6.07, 6.45) is -0.944. The van der Waals surface area contributed by atoms with Crippen molar-refractivity contribution in [2.75, 3.05) is 0 Å². The highest BCUT2D eigenvalue weighted by Gasteiger charge is 2.07. The van der Waals surface area contributed by atoms with Gasteiger partial charge in [0.15, 0.2) is 5.78 Å². The van der Waals surface area contributed by atoms with Gasteiger partial charge in [0.05, 0.1) is 4.88 Å². The third-order valence-corrected chi connectivity index (χ3v) is 3.72. The van der Waals surface area contributed by atoms with Crippen LogP contribution >= 0.6 is 11.3 Å². The molecule has 2 rings (SSSR count). The highest BCUT2D eigenvalue weighted by atomic mass is 32.1. The van der Waals surface area contributed by atoms with Crippen molar-refractivity contribution in [3.63, 3.8) is 0 Å². The molecule has 4 heteroatoms. The van der Waals surface area contributed by atoms with Gasteiger partial charge < -0.3 is 10.8 Å². The van der Waals surface area contributed by atoms with E-state index in [1.54, 1.807) is 19.1 Å². The number of Topliss-reactive ketones (excluding diaryl/α,β-unsaturated/α-hetero) is 1. The molecule has 88 valence electrons. The van der Waals surface area contributed by atoms with E-state index in [4.69, 9.17) is 5.73 Å². The fraction of sp³-hybridized carbons (Fsp3) is 0.154. The fourth-order valence-corrected chi connectivity index (χ4v) is 2.43. The smallest absolute Gasteiger partial charge is 0.169 e. The van der Waals surface area contributed by atoms with Crippen molar-refractivity contribution in [2.24, 2.45) is 5.73 Å². The Balaban J connectivity index is 2.30. The van der Waals surface area contributed by atoms with Gasteiger partial charge in [0.25, 0.3) is 0 Å². The molecular weight excluding hydrogens is 234 g/mol. The van der Waals surface area contributed by atoms with Gasteiger partial charge in [0.1, 0.15) is 6.23 Å². The molecule has 1 unspecified atom stereocenters. The highest BCUT2D eigenvalue weighted by Crippen LogP contribution is 2.28. The first-order valence-corrected chi connectivity index (χ1v) is 6.04. The lowest BCUT2D eigenvalue weighted by molar-refractivity contribution is 0.102. The standard InChI is InChI=1S/C13H13NO2S/c1-8(15)11-6-7-12(17-11)9-2-4-10(5-3-9)13(14)16/h2-7,13,16H,14H2,1H3. The first-order valence-electron chi connectivity index (χ1n) is 5.22. The van der Waals surface area contributed by atoms with Crippen LogP contribution in [0.3, 0.4) is 0 Å². The van der Waals surface area contributed by atoms with Gasteiger partial charge >= 0.3 is 0 Å². The molecule has 1 aromatic heterocycles. The second-order valence-electron chi connectivity index (χ2n) is 3.79. The minimum absolute atomic E-state index is 0.0789. The SMILES string of the molecule is CC(=O)c1ccc(-c2ccc(C(N)O)cc2)s1. The third kappa shape index (κ3) is 2.61. The van der Waals surface area contributed by atoms with Crippen LogP contribution in [0.1, 0.15) is 28.4 Å². The summed E-state index contributed by atoms with van der Waals surface area (Å²) < 4.78 is 0. The molecule has 2 aromatic rings. The predicted molar refractivity (Wildman–Crippen MR) is 68.9 cm³/mol. The molecule has 0 aliphatic rings. The van der Waals surface area contributed by atoms with Crippen LogP contribution in [-0.2, 0) is 0 Å². The van der Waals surface area contributed by atoms with Crippen molar-refractivity contribution in [3.8, 4) is 10.4 Å². The molecule has 1 heterocycles. The number of hydrogen-bond acceptors (Lipinski definition) is 4. The van der Waals surface area contributed by atoms with Crippen LogP contribution < -0.4 is 5.73 Å². The molecule has 0 amide bonds. The summed E-state index contributed by atoms with van der Waals surface area (Å²) in [7, 11) is 0. The first-order chi connectivity index (χ1) is 8.08. The van der Waals surface area contributed by atoms with Crippen LogP contribution in [0.15, 0.2) is 36.4 Å². The number of ketones is 1. The van der Waals surface area contributed by atoms with Gasteiger partial charge in [-0.1, -0.05) is 24.3 Å². The summed E-state index contributed by atoms with van der Waals surface area (Å²) in [4.78, 5) is 13.0. The Kier molecular flexibility index (Phi) is 3.38. The number of hydrogen-bond donors (Lipinski definition) is 2. The largest absolute Gasteiger partial charge is 0.375 e. The molecule has 17 heavy (non-hydrogen) atoms. The number of rotatable bonds is 3. The average Bonchev–Trinajstić information content (AvgIpc) is 2.78. The maximum Gasteiger partial charge on any atom is 0.169 e. The van der Waals surface area contributed by atoms with E-state index in [2.05, 4.69) is 0 Å². The summed E-state index contributed by atoms with van der Waals surface area (Å²) in [5.74, 6) is 0.0789. The van der Waals surface area contributed by atoms with Crippen molar-refractivity contribution >= 4 is 17.1 Å². The minimum atomic E-state index is -0.944. The van der Waals surface area contributed by atoms with Crippen LogP contribution in [-0.4, -0.2) is 10.9 Å². The number of thiophene rings is 1. The molecule has 0 aliphatic heterocycles. The third-order valence-electron chi connectivity index (χ3n) is 2.49. The second-order valence-corrected chi connectivity index (χ2v) is 4.87. The van der Waals surface area contributed by atoms with E-state index >= 15 is 0 Å². The zero-order valence-electron chi connectivity index (χ0n) is 9.38. The lowest BCUT2D eigenvalue weighted by atomic mass is 10.1. The maximum atomic E-state index is 11.2. The lowest BCUT2D eigenvalue weighted by Gasteiger charge is -2.04. The second kappa shape index (κ2) is 4.79. The molecule has 1 atom stereocenters. The van der Waals surface area contributed by atoms with Gasteiger partial charge in [0.2, 0.25) is 0 Å². The van der Waals surface area contributed by atoms with Crippen molar-refractivity contribution in [1.29, 1.82) is 0 Å². The molecule has 0 radical (unpaired) electrons. The summed E-state index contributed by atoms with van der Waals surface area (Å²) in [5.41, 5.74) is 7.06. The van der Waals surface area contributed by atoms with E-state index in [1.165, 1.54) is 11.3 Å². The molecule has 0 aliphatic carbocycles. The molecule has 0 saturated carbocycles. The minimum Gasteiger partial charge on any atom is -0.375 e.